The minimum Gasteiger partial charge on any atom is -0.419 e. The molecule has 0 aliphatic rings. The molecule has 0 saturated carbocycles. The van der Waals surface area contributed by atoms with Crippen molar-refractivity contribution in [2.24, 2.45) is 0 Å². The van der Waals surface area contributed by atoms with E-state index >= 15 is 0 Å². The molecule has 1 heterocycles. The summed E-state index contributed by atoms with van der Waals surface area (Å²) in [5.41, 5.74) is 1.75. The van der Waals surface area contributed by atoms with E-state index in [0.29, 0.717) is 5.89 Å². The fraction of sp³-hybridized carbons (Fsp3) is 0.167. The van der Waals surface area contributed by atoms with Gasteiger partial charge >= 0.3 is 0 Å². The van der Waals surface area contributed by atoms with Gasteiger partial charge in [-0.25, -0.2) is 8.42 Å². The normalized spacial score (nSPS) is 11.5. The van der Waals surface area contributed by atoms with Crippen molar-refractivity contribution in [2.45, 2.75) is 16.8 Å². The Morgan fingerprint density at radius 3 is 2.28 bits per heavy atom. The number of anilines is 1. The molecule has 0 N–H and O–H groups in total. The van der Waals surface area contributed by atoms with E-state index in [9.17, 15) is 8.42 Å². The highest BCUT2D eigenvalue weighted by molar-refractivity contribution is 14.1. The van der Waals surface area contributed by atoms with Crippen LogP contribution in [0.15, 0.2) is 62.9 Å². The van der Waals surface area contributed by atoms with Crippen molar-refractivity contribution < 1.29 is 12.8 Å². The van der Waals surface area contributed by atoms with Gasteiger partial charge in [-0.15, -0.1) is 0 Å². The van der Waals surface area contributed by atoms with Gasteiger partial charge in [-0.1, -0.05) is 29.8 Å². The average Bonchev–Trinajstić information content (AvgIpc) is 3.02. The zero-order valence-electron chi connectivity index (χ0n) is 14.0. The van der Waals surface area contributed by atoms with Crippen molar-refractivity contribution in [1.82, 2.24) is 4.98 Å². The van der Waals surface area contributed by atoms with Crippen molar-refractivity contribution in [3.8, 4) is 11.5 Å². The van der Waals surface area contributed by atoms with Crippen molar-refractivity contribution in [1.29, 1.82) is 0 Å². The molecule has 0 aliphatic carbocycles. The number of hydrogen-bond donors (Lipinski definition) is 0. The maximum absolute atomic E-state index is 13.0. The Bertz CT molecular complexity index is 1010. The van der Waals surface area contributed by atoms with Crippen LogP contribution in [0.3, 0.4) is 0 Å². The number of sulfone groups is 1. The molecule has 0 spiro atoms. The summed E-state index contributed by atoms with van der Waals surface area (Å²) in [5, 5.41) is -0.0731. The molecule has 3 rings (SSSR count). The summed E-state index contributed by atoms with van der Waals surface area (Å²) >= 11 is 2.18. The molecule has 0 saturated heterocycles. The van der Waals surface area contributed by atoms with Crippen LogP contribution >= 0.6 is 22.6 Å². The van der Waals surface area contributed by atoms with Crippen LogP contribution in [-0.4, -0.2) is 27.5 Å². The molecule has 0 bridgehead atoms. The fourth-order valence-electron chi connectivity index (χ4n) is 2.33. The third kappa shape index (κ3) is 3.43. The number of oxazole rings is 1. The lowest BCUT2D eigenvalue weighted by Crippen LogP contribution is -2.13. The van der Waals surface area contributed by atoms with Crippen molar-refractivity contribution >= 4 is 38.3 Å². The van der Waals surface area contributed by atoms with Crippen LogP contribution < -0.4 is 4.90 Å². The first-order valence-corrected chi connectivity index (χ1v) is 10.1. The molecule has 5 nitrogen and oxygen atoms in total. The van der Waals surface area contributed by atoms with E-state index in [1.165, 1.54) is 0 Å². The van der Waals surface area contributed by atoms with E-state index in [1.54, 1.807) is 43.3 Å². The van der Waals surface area contributed by atoms with E-state index in [1.807, 2.05) is 31.2 Å². The van der Waals surface area contributed by atoms with Gasteiger partial charge in [0, 0.05) is 17.7 Å². The van der Waals surface area contributed by atoms with E-state index in [2.05, 4.69) is 27.6 Å². The molecule has 0 aliphatic heterocycles. The van der Waals surface area contributed by atoms with Crippen LogP contribution in [0.25, 0.3) is 11.5 Å². The zero-order valence-corrected chi connectivity index (χ0v) is 17.0. The summed E-state index contributed by atoms with van der Waals surface area (Å²) in [5.74, 6) is 0.509. The molecular formula is C18H17IN2O3S. The van der Waals surface area contributed by atoms with E-state index in [-0.39, 0.29) is 15.8 Å². The standard InChI is InChI=1S/C18H17IN2O3S/c1-12-8-10-13(11-9-12)25(22,23)17-18(21(2)3)24-16(20-17)14-6-4-5-7-15(14)19/h4-11H,1-3H3. The number of rotatable bonds is 4. The maximum atomic E-state index is 13.0. The van der Waals surface area contributed by atoms with Gasteiger partial charge in [-0.3, -0.25) is 0 Å². The maximum Gasteiger partial charge on any atom is 0.235 e. The van der Waals surface area contributed by atoms with Gasteiger partial charge < -0.3 is 9.32 Å². The number of hydrogen-bond acceptors (Lipinski definition) is 5. The quantitative estimate of drug-likeness (QED) is 0.539. The molecule has 0 fully saturated rings. The summed E-state index contributed by atoms with van der Waals surface area (Å²) in [4.78, 5) is 6.15. The molecule has 7 heteroatoms. The molecule has 25 heavy (non-hydrogen) atoms. The summed E-state index contributed by atoms with van der Waals surface area (Å²) in [6.07, 6.45) is 0. The van der Waals surface area contributed by atoms with E-state index in [0.717, 1.165) is 14.7 Å². The number of nitrogens with zero attached hydrogens (tertiary/aromatic N) is 2. The molecule has 0 amide bonds. The highest BCUT2D eigenvalue weighted by Crippen LogP contribution is 2.35. The summed E-state index contributed by atoms with van der Waals surface area (Å²) < 4.78 is 32.8. The van der Waals surface area contributed by atoms with Gasteiger partial charge in [0.2, 0.25) is 26.6 Å². The minimum absolute atomic E-state index is 0.0731. The molecule has 0 radical (unpaired) electrons. The van der Waals surface area contributed by atoms with Crippen molar-refractivity contribution in [3.05, 3.63) is 57.7 Å². The van der Waals surface area contributed by atoms with Gasteiger partial charge in [0.15, 0.2) is 0 Å². The first kappa shape index (κ1) is 17.9. The lowest BCUT2D eigenvalue weighted by Gasteiger charge is -2.10. The highest BCUT2D eigenvalue weighted by atomic mass is 127. The Balaban J connectivity index is 2.19. The van der Waals surface area contributed by atoms with E-state index < -0.39 is 9.84 Å². The van der Waals surface area contributed by atoms with Crippen molar-refractivity contribution in [2.75, 3.05) is 19.0 Å². The Morgan fingerprint density at radius 2 is 1.68 bits per heavy atom. The predicted octanol–water partition coefficient (Wildman–Crippen LogP) is 4.15. The lowest BCUT2D eigenvalue weighted by atomic mass is 10.2. The monoisotopic (exact) mass is 468 g/mol. The van der Waals surface area contributed by atoms with Crippen LogP contribution in [0.4, 0.5) is 5.88 Å². The molecule has 2 aromatic carbocycles. The van der Waals surface area contributed by atoms with Crippen LogP contribution in [0.2, 0.25) is 0 Å². The highest BCUT2D eigenvalue weighted by Gasteiger charge is 2.29. The Morgan fingerprint density at radius 1 is 1.04 bits per heavy atom. The molecule has 3 aromatic rings. The third-order valence-corrected chi connectivity index (χ3v) is 6.28. The van der Waals surface area contributed by atoms with Gasteiger partial charge in [0.05, 0.1) is 10.5 Å². The number of halogens is 1. The topological polar surface area (TPSA) is 63.4 Å². The van der Waals surface area contributed by atoms with Gasteiger partial charge in [-0.2, -0.15) is 4.98 Å². The smallest absolute Gasteiger partial charge is 0.235 e. The molecule has 1 aromatic heterocycles. The van der Waals surface area contributed by atoms with Crippen LogP contribution in [0.1, 0.15) is 5.56 Å². The summed E-state index contributed by atoms with van der Waals surface area (Å²) in [6.45, 7) is 1.91. The minimum atomic E-state index is -3.78. The first-order chi connectivity index (χ1) is 11.8. The second-order valence-electron chi connectivity index (χ2n) is 5.82. The second kappa shape index (κ2) is 6.80. The Hall–Kier alpha value is -1.87. The average molecular weight is 468 g/mol. The summed E-state index contributed by atoms with van der Waals surface area (Å²) in [7, 11) is -0.319. The SMILES string of the molecule is Cc1ccc(S(=O)(=O)c2nc(-c3ccccc3I)oc2N(C)C)cc1. The van der Waals surface area contributed by atoms with Crippen LogP contribution in [-0.2, 0) is 9.84 Å². The van der Waals surface area contributed by atoms with Gasteiger partial charge in [-0.05, 0) is 53.8 Å². The van der Waals surface area contributed by atoms with Crippen molar-refractivity contribution in [3.63, 3.8) is 0 Å². The number of aromatic nitrogens is 1. The van der Waals surface area contributed by atoms with Gasteiger partial charge in [0.1, 0.15) is 0 Å². The fourth-order valence-corrected chi connectivity index (χ4v) is 4.33. The van der Waals surface area contributed by atoms with Gasteiger partial charge in [0.25, 0.3) is 0 Å². The molecule has 0 unspecified atom stereocenters. The first-order valence-electron chi connectivity index (χ1n) is 7.55. The van der Waals surface area contributed by atoms with E-state index in [4.69, 9.17) is 4.42 Å². The molecular weight excluding hydrogens is 451 g/mol. The number of aryl methyl sites for hydroxylation is 1. The Labute approximate surface area is 160 Å². The molecule has 0 atom stereocenters. The third-order valence-electron chi connectivity index (χ3n) is 3.68. The number of benzene rings is 2. The predicted molar refractivity (Wildman–Crippen MR) is 106 cm³/mol. The summed E-state index contributed by atoms with van der Waals surface area (Å²) in [6, 6.07) is 14.3. The van der Waals surface area contributed by atoms with Crippen LogP contribution in [0, 0.1) is 10.5 Å². The largest absolute Gasteiger partial charge is 0.419 e. The second-order valence-corrected chi connectivity index (χ2v) is 8.85. The van der Waals surface area contributed by atoms with Crippen LogP contribution in [0.5, 0.6) is 0 Å². The lowest BCUT2D eigenvalue weighted by molar-refractivity contribution is 0.564. The molecule has 130 valence electrons. The Kier molecular flexibility index (Phi) is 4.88. The zero-order chi connectivity index (χ0) is 18.2.